The summed E-state index contributed by atoms with van der Waals surface area (Å²) in [5.41, 5.74) is -0.172. The minimum absolute atomic E-state index is 0.0743. The molecule has 0 fully saturated rings. The summed E-state index contributed by atoms with van der Waals surface area (Å²) in [5.74, 6) is -0.586. The Morgan fingerprint density at radius 2 is 2.19 bits per heavy atom. The Morgan fingerprint density at radius 1 is 1.43 bits per heavy atom. The standard InChI is InChI=1S/C14H14F3NO3/c15-14(16,17)10-3-1-2-9(6-10)7-11-8-18-12(21-11)4-5-13(19)20/h1-3,6,11H,4-5,7-8H2,(H,19,20). The largest absolute Gasteiger partial charge is 0.481 e. The van der Waals surface area contributed by atoms with Crippen molar-refractivity contribution in [2.24, 2.45) is 4.99 Å². The van der Waals surface area contributed by atoms with Gasteiger partial charge >= 0.3 is 12.1 Å². The average Bonchev–Trinajstić information content (AvgIpc) is 2.83. The normalized spacial score (nSPS) is 18.2. The van der Waals surface area contributed by atoms with Crippen molar-refractivity contribution in [3.8, 4) is 0 Å². The van der Waals surface area contributed by atoms with E-state index in [1.165, 1.54) is 6.07 Å². The van der Waals surface area contributed by atoms with E-state index >= 15 is 0 Å². The van der Waals surface area contributed by atoms with E-state index in [-0.39, 0.29) is 18.9 Å². The number of carboxylic acid groups (broad SMARTS) is 1. The van der Waals surface area contributed by atoms with Gasteiger partial charge in [0.2, 0.25) is 0 Å². The highest BCUT2D eigenvalue weighted by Gasteiger charge is 2.30. The topological polar surface area (TPSA) is 58.9 Å². The molecule has 0 saturated heterocycles. The minimum atomic E-state index is -4.37. The van der Waals surface area contributed by atoms with Gasteiger partial charge in [-0.3, -0.25) is 9.79 Å². The van der Waals surface area contributed by atoms with E-state index in [0.29, 0.717) is 24.4 Å². The van der Waals surface area contributed by atoms with E-state index in [0.717, 1.165) is 12.1 Å². The van der Waals surface area contributed by atoms with Crippen molar-refractivity contribution in [2.75, 3.05) is 6.54 Å². The first-order valence-electron chi connectivity index (χ1n) is 6.42. The third kappa shape index (κ3) is 4.47. The summed E-state index contributed by atoms with van der Waals surface area (Å²) >= 11 is 0. The van der Waals surface area contributed by atoms with Gasteiger partial charge in [-0.25, -0.2) is 0 Å². The number of hydrogen-bond acceptors (Lipinski definition) is 3. The number of alkyl halides is 3. The van der Waals surface area contributed by atoms with Crippen LogP contribution in [0.1, 0.15) is 24.0 Å². The lowest BCUT2D eigenvalue weighted by Gasteiger charge is -2.13. The number of carboxylic acids is 1. The number of benzene rings is 1. The summed E-state index contributed by atoms with van der Waals surface area (Å²) < 4.78 is 43.3. The summed E-state index contributed by atoms with van der Waals surface area (Å²) in [6.07, 6.45) is -4.26. The zero-order valence-corrected chi connectivity index (χ0v) is 11.1. The second-order valence-corrected chi connectivity index (χ2v) is 4.77. The van der Waals surface area contributed by atoms with Crippen molar-refractivity contribution < 1.29 is 27.8 Å². The molecule has 1 aliphatic rings. The zero-order valence-electron chi connectivity index (χ0n) is 11.1. The van der Waals surface area contributed by atoms with Crippen LogP contribution in [0.15, 0.2) is 29.3 Å². The van der Waals surface area contributed by atoms with Gasteiger partial charge in [0, 0.05) is 12.8 Å². The van der Waals surface area contributed by atoms with Crippen LogP contribution >= 0.6 is 0 Å². The van der Waals surface area contributed by atoms with Gasteiger partial charge in [-0.1, -0.05) is 18.2 Å². The van der Waals surface area contributed by atoms with Crippen molar-refractivity contribution in [3.63, 3.8) is 0 Å². The summed E-state index contributed by atoms with van der Waals surface area (Å²) in [6, 6.07) is 5.08. The molecule has 1 atom stereocenters. The second-order valence-electron chi connectivity index (χ2n) is 4.77. The Labute approximate surface area is 119 Å². The van der Waals surface area contributed by atoms with Gasteiger partial charge in [0.15, 0.2) is 5.90 Å². The molecule has 0 aliphatic carbocycles. The third-order valence-corrected chi connectivity index (χ3v) is 3.04. The quantitative estimate of drug-likeness (QED) is 0.909. The fraction of sp³-hybridized carbons (Fsp3) is 0.429. The molecule has 1 heterocycles. The molecule has 2 rings (SSSR count). The molecule has 1 unspecified atom stereocenters. The molecule has 1 aliphatic heterocycles. The zero-order chi connectivity index (χ0) is 15.5. The van der Waals surface area contributed by atoms with Gasteiger partial charge in [0.1, 0.15) is 6.10 Å². The fourth-order valence-corrected chi connectivity index (χ4v) is 2.07. The van der Waals surface area contributed by atoms with Crippen molar-refractivity contribution in [1.29, 1.82) is 0 Å². The maximum atomic E-state index is 12.6. The van der Waals surface area contributed by atoms with Gasteiger partial charge in [0.05, 0.1) is 18.5 Å². The van der Waals surface area contributed by atoms with Crippen molar-refractivity contribution >= 4 is 11.9 Å². The van der Waals surface area contributed by atoms with E-state index in [4.69, 9.17) is 9.84 Å². The predicted molar refractivity (Wildman–Crippen MR) is 69.2 cm³/mol. The molecule has 0 spiro atoms. The van der Waals surface area contributed by atoms with Crippen molar-refractivity contribution in [1.82, 2.24) is 0 Å². The van der Waals surface area contributed by atoms with Crippen LogP contribution in [0, 0.1) is 0 Å². The molecule has 114 valence electrons. The molecule has 4 nitrogen and oxygen atoms in total. The van der Waals surface area contributed by atoms with Crippen LogP contribution in [0.3, 0.4) is 0 Å². The van der Waals surface area contributed by atoms with Crippen LogP contribution in [0.25, 0.3) is 0 Å². The van der Waals surface area contributed by atoms with Crippen LogP contribution in [-0.4, -0.2) is 29.6 Å². The highest BCUT2D eigenvalue weighted by molar-refractivity contribution is 5.81. The summed E-state index contributed by atoms with van der Waals surface area (Å²) in [4.78, 5) is 14.5. The molecular weight excluding hydrogens is 287 g/mol. The Morgan fingerprint density at radius 3 is 2.86 bits per heavy atom. The molecule has 1 aromatic carbocycles. The molecule has 0 bridgehead atoms. The van der Waals surface area contributed by atoms with Gasteiger partial charge in [0.25, 0.3) is 0 Å². The smallest absolute Gasteiger partial charge is 0.416 e. The Balaban J connectivity index is 1.91. The highest BCUT2D eigenvalue weighted by atomic mass is 19.4. The number of hydrogen-bond donors (Lipinski definition) is 1. The molecule has 0 amide bonds. The second kappa shape index (κ2) is 6.15. The van der Waals surface area contributed by atoms with Crippen LogP contribution in [0.2, 0.25) is 0 Å². The van der Waals surface area contributed by atoms with Crippen LogP contribution in [-0.2, 0) is 22.1 Å². The summed E-state index contributed by atoms with van der Waals surface area (Å²) in [6.45, 7) is 0.338. The Hall–Kier alpha value is -2.05. The third-order valence-electron chi connectivity index (χ3n) is 3.04. The first kappa shape index (κ1) is 15.3. The van der Waals surface area contributed by atoms with Crippen LogP contribution < -0.4 is 0 Å². The van der Waals surface area contributed by atoms with Gasteiger partial charge in [-0.05, 0) is 11.6 Å². The molecule has 21 heavy (non-hydrogen) atoms. The monoisotopic (exact) mass is 301 g/mol. The van der Waals surface area contributed by atoms with Crippen LogP contribution in [0.4, 0.5) is 13.2 Å². The lowest BCUT2D eigenvalue weighted by atomic mass is 10.0. The highest BCUT2D eigenvalue weighted by Crippen LogP contribution is 2.30. The lowest BCUT2D eigenvalue weighted by Crippen LogP contribution is -2.17. The number of ether oxygens (including phenoxy) is 1. The maximum Gasteiger partial charge on any atom is 0.416 e. The SMILES string of the molecule is O=C(O)CCC1=NCC(Cc2cccc(C(F)(F)F)c2)O1. The van der Waals surface area contributed by atoms with E-state index < -0.39 is 17.7 Å². The van der Waals surface area contributed by atoms with Gasteiger partial charge < -0.3 is 9.84 Å². The van der Waals surface area contributed by atoms with E-state index in [1.807, 2.05) is 0 Å². The molecule has 0 radical (unpaired) electrons. The number of aliphatic imine (C=N–C) groups is 1. The van der Waals surface area contributed by atoms with Crippen molar-refractivity contribution in [3.05, 3.63) is 35.4 Å². The average molecular weight is 301 g/mol. The predicted octanol–water partition coefficient (Wildman–Crippen LogP) is 2.91. The first-order valence-corrected chi connectivity index (χ1v) is 6.42. The summed E-state index contributed by atoms with van der Waals surface area (Å²) in [7, 11) is 0. The minimum Gasteiger partial charge on any atom is -0.481 e. The fourth-order valence-electron chi connectivity index (χ4n) is 2.07. The number of nitrogens with zero attached hydrogens (tertiary/aromatic N) is 1. The number of aliphatic carboxylic acids is 1. The van der Waals surface area contributed by atoms with Gasteiger partial charge in [-0.2, -0.15) is 13.2 Å². The number of carbonyl (C=O) groups is 1. The lowest BCUT2D eigenvalue weighted by molar-refractivity contribution is -0.138. The maximum absolute atomic E-state index is 12.6. The van der Waals surface area contributed by atoms with E-state index in [1.54, 1.807) is 6.07 Å². The molecule has 1 aromatic rings. The van der Waals surface area contributed by atoms with Crippen LogP contribution in [0.5, 0.6) is 0 Å². The summed E-state index contributed by atoms with van der Waals surface area (Å²) in [5, 5.41) is 8.56. The molecule has 0 aromatic heterocycles. The van der Waals surface area contributed by atoms with Crippen molar-refractivity contribution in [2.45, 2.75) is 31.5 Å². The number of rotatable bonds is 5. The van der Waals surface area contributed by atoms with E-state index in [2.05, 4.69) is 4.99 Å². The number of halogens is 3. The molecule has 7 heteroatoms. The molecule has 0 saturated carbocycles. The first-order chi connectivity index (χ1) is 9.84. The Bertz CT molecular complexity index is 555. The Kier molecular flexibility index (Phi) is 4.50. The van der Waals surface area contributed by atoms with E-state index in [9.17, 15) is 18.0 Å². The molecule has 1 N–H and O–H groups in total. The van der Waals surface area contributed by atoms with Gasteiger partial charge in [-0.15, -0.1) is 0 Å². The molecular formula is C14H14F3NO3.